The third-order valence-electron chi connectivity index (χ3n) is 7.76. The molecule has 2 saturated carbocycles. The van der Waals surface area contributed by atoms with Gasteiger partial charge in [0.05, 0.1) is 17.8 Å². The second kappa shape index (κ2) is 5.39. The Morgan fingerprint density at radius 1 is 1.15 bits per heavy atom. The van der Waals surface area contributed by atoms with Gasteiger partial charge in [-0.3, -0.25) is 4.79 Å². The SMILES string of the molecule is C=C[C@@]1(C)CC(=O)[C@@]2(O)[C@](C)(O1)[C@@H](O)[C@@H](O)C1C(C)(C)CC[C@H](O)[C@@]12C. The van der Waals surface area contributed by atoms with Gasteiger partial charge >= 0.3 is 0 Å². The van der Waals surface area contributed by atoms with Crippen molar-refractivity contribution < 1.29 is 30.0 Å². The van der Waals surface area contributed by atoms with Crippen LogP contribution in [0, 0.1) is 16.7 Å². The van der Waals surface area contributed by atoms with E-state index in [2.05, 4.69) is 6.58 Å². The molecule has 6 heteroatoms. The van der Waals surface area contributed by atoms with Gasteiger partial charge in [-0.05, 0) is 32.1 Å². The largest absolute Gasteiger partial charge is 0.392 e. The Kier molecular flexibility index (Phi) is 4.13. The molecular weight excluding hydrogens is 336 g/mol. The second-order valence-electron chi connectivity index (χ2n) is 9.78. The first kappa shape index (κ1) is 20.0. The van der Waals surface area contributed by atoms with Gasteiger partial charge in [0.1, 0.15) is 11.7 Å². The zero-order valence-corrected chi connectivity index (χ0v) is 16.3. The van der Waals surface area contributed by atoms with Crippen molar-refractivity contribution in [3.63, 3.8) is 0 Å². The number of hydrogen-bond donors (Lipinski definition) is 4. The number of hydrogen-bond acceptors (Lipinski definition) is 6. The van der Waals surface area contributed by atoms with Gasteiger partial charge in [0, 0.05) is 17.8 Å². The van der Waals surface area contributed by atoms with E-state index in [1.165, 1.54) is 13.0 Å². The van der Waals surface area contributed by atoms with Crippen molar-refractivity contribution in [1.82, 2.24) is 0 Å². The average molecular weight is 368 g/mol. The van der Waals surface area contributed by atoms with Crippen LogP contribution in [0.1, 0.15) is 53.9 Å². The van der Waals surface area contributed by atoms with Crippen LogP contribution < -0.4 is 0 Å². The Labute approximate surface area is 154 Å². The van der Waals surface area contributed by atoms with Gasteiger partial charge in [0.2, 0.25) is 0 Å². The molecule has 4 N–H and O–H groups in total. The zero-order valence-electron chi connectivity index (χ0n) is 16.3. The van der Waals surface area contributed by atoms with E-state index in [0.29, 0.717) is 12.8 Å². The first-order valence-electron chi connectivity index (χ1n) is 9.35. The average Bonchev–Trinajstić information content (AvgIpc) is 2.54. The van der Waals surface area contributed by atoms with Crippen LogP contribution in [0.15, 0.2) is 12.7 Å². The van der Waals surface area contributed by atoms with E-state index in [4.69, 9.17) is 4.74 Å². The van der Waals surface area contributed by atoms with Crippen molar-refractivity contribution in [2.24, 2.45) is 16.7 Å². The molecule has 3 fully saturated rings. The molecule has 1 saturated heterocycles. The summed E-state index contributed by atoms with van der Waals surface area (Å²) in [5, 5.41) is 44.9. The number of Topliss-reactive ketones (excluding diaryl/α,β-unsaturated/α-hetero) is 1. The summed E-state index contributed by atoms with van der Waals surface area (Å²) in [4.78, 5) is 13.3. The maximum atomic E-state index is 13.3. The van der Waals surface area contributed by atoms with E-state index in [-0.39, 0.29) is 6.42 Å². The quantitative estimate of drug-likeness (QED) is 0.514. The highest BCUT2D eigenvalue weighted by molar-refractivity contribution is 5.92. The summed E-state index contributed by atoms with van der Waals surface area (Å²) in [6.45, 7) is 12.3. The van der Waals surface area contributed by atoms with Crippen LogP contribution in [0.3, 0.4) is 0 Å². The molecule has 0 radical (unpaired) electrons. The smallest absolute Gasteiger partial charge is 0.171 e. The number of carbonyl (C=O) groups is 1. The van der Waals surface area contributed by atoms with Gasteiger partial charge in [-0.2, -0.15) is 0 Å². The molecule has 0 aromatic heterocycles. The van der Waals surface area contributed by atoms with Crippen LogP contribution in [-0.2, 0) is 9.53 Å². The van der Waals surface area contributed by atoms with Crippen LogP contribution in [-0.4, -0.2) is 61.3 Å². The number of aliphatic hydroxyl groups excluding tert-OH is 3. The van der Waals surface area contributed by atoms with Gasteiger partial charge in [0.25, 0.3) is 0 Å². The summed E-state index contributed by atoms with van der Waals surface area (Å²) in [6.07, 6.45) is -1.37. The Morgan fingerprint density at radius 3 is 2.27 bits per heavy atom. The van der Waals surface area contributed by atoms with Crippen molar-refractivity contribution in [1.29, 1.82) is 0 Å². The molecule has 3 aliphatic rings. The maximum Gasteiger partial charge on any atom is 0.171 e. The van der Waals surface area contributed by atoms with E-state index in [0.717, 1.165) is 0 Å². The van der Waals surface area contributed by atoms with Gasteiger partial charge in [-0.1, -0.05) is 26.8 Å². The fourth-order valence-electron chi connectivity index (χ4n) is 6.32. The van der Waals surface area contributed by atoms with E-state index >= 15 is 0 Å². The summed E-state index contributed by atoms with van der Waals surface area (Å²) >= 11 is 0. The number of ether oxygens (including phenoxy) is 1. The summed E-state index contributed by atoms with van der Waals surface area (Å²) in [5.74, 6) is -1.17. The molecule has 0 amide bonds. The zero-order chi connectivity index (χ0) is 19.9. The molecule has 0 bridgehead atoms. The molecule has 2 aliphatic carbocycles. The predicted octanol–water partition coefficient (Wildman–Crippen LogP) is 0.949. The Morgan fingerprint density at radius 2 is 1.73 bits per heavy atom. The number of carbonyl (C=O) groups excluding carboxylic acids is 1. The van der Waals surface area contributed by atoms with Gasteiger partial charge in [-0.15, -0.1) is 6.58 Å². The molecule has 0 aromatic carbocycles. The fourth-order valence-corrected chi connectivity index (χ4v) is 6.32. The second-order valence-corrected chi connectivity index (χ2v) is 9.78. The van der Waals surface area contributed by atoms with Crippen LogP contribution in [0.25, 0.3) is 0 Å². The standard InChI is InChI=1S/C20H32O6/c1-7-17(4)10-12(22)20(25)18(5)11(21)8-9-16(2,3)14(18)13(23)15(24)19(20,6)26-17/h7,11,13-15,21,23-25H,1,8-10H2,2-6H3/t11-,13-,14?,15-,17-,18-,19+,20-/m0/s1. The molecule has 148 valence electrons. The van der Waals surface area contributed by atoms with Crippen molar-refractivity contribution in [3.05, 3.63) is 12.7 Å². The van der Waals surface area contributed by atoms with Crippen molar-refractivity contribution in [2.75, 3.05) is 0 Å². The van der Waals surface area contributed by atoms with E-state index in [1.807, 2.05) is 13.8 Å². The minimum absolute atomic E-state index is 0.110. The molecular formula is C20H32O6. The molecule has 3 rings (SSSR count). The minimum Gasteiger partial charge on any atom is -0.392 e. The van der Waals surface area contributed by atoms with Crippen molar-refractivity contribution in [2.45, 2.75) is 89.0 Å². The molecule has 0 spiro atoms. The maximum absolute atomic E-state index is 13.3. The lowest BCUT2D eigenvalue weighted by Gasteiger charge is -2.71. The van der Waals surface area contributed by atoms with Gasteiger partial charge in [-0.25, -0.2) is 0 Å². The predicted molar refractivity (Wildman–Crippen MR) is 95.3 cm³/mol. The molecule has 1 heterocycles. The topological polar surface area (TPSA) is 107 Å². The molecule has 8 atom stereocenters. The monoisotopic (exact) mass is 368 g/mol. The minimum atomic E-state index is -2.14. The Balaban J connectivity index is 2.29. The summed E-state index contributed by atoms with van der Waals surface area (Å²) < 4.78 is 6.09. The Bertz CT molecular complexity index is 646. The van der Waals surface area contributed by atoms with E-state index in [1.54, 1.807) is 13.8 Å². The molecule has 1 unspecified atom stereocenters. The van der Waals surface area contributed by atoms with Crippen LogP contribution in [0.4, 0.5) is 0 Å². The number of aliphatic hydroxyl groups is 4. The number of ketones is 1. The summed E-state index contributed by atoms with van der Waals surface area (Å²) in [7, 11) is 0. The highest BCUT2D eigenvalue weighted by Gasteiger charge is 2.80. The van der Waals surface area contributed by atoms with Crippen LogP contribution >= 0.6 is 0 Å². The van der Waals surface area contributed by atoms with Crippen LogP contribution in [0.2, 0.25) is 0 Å². The van der Waals surface area contributed by atoms with Crippen molar-refractivity contribution >= 4 is 5.78 Å². The first-order chi connectivity index (χ1) is 11.7. The van der Waals surface area contributed by atoms with E-state index < -0.39 is 57.6 Å². The lowest BCUT2D eigenvalue weighted by molar-refractivity contribution is -0.370. The normalized spacial score (nSPS) is 56.4. The fraction of sp³-hybridized carbons (Fsp3) is 0.850. The molecule has 6 nitrogen and oxygen atoms in total. The Hall–Kier alpha value is -0.790. The lowest BCUT2D eigenvalue weighted by atomic mass is 9.40. The van der Waals surface area contributed by atoms with Gasteiger partial charge in [0.15, 0.2) is 11.4 Å². The lowest BCUT2D eigenvalue weighted by Crippen LogP contribution is -2.86. The van der Waals surface area contributed by atoms with Crippen LogP contribution in [0.5, 0.6) is 0 Å². The van der Waals surface area contributed by atoms with Crippen molar-refractivity contribution in [3.8, 4) is 0 Å². The van der Waals surface area contributed by atoms with E-state index in [9.17, 15) is 25.2 Å². The summed E-state index contributed by atoms with van der Waals surface area (Å²) in [5.41, 5.74) is -6.82. The third kappa shape index (κ3) is 2.02. The molecule has 0 aromatic rings. The third-order valence-corrected chi connectivity index (χ3v) is 7.76. The number of rotatable bonds is 1. The summed E-state index contributed by atoms with van der Waals surface area (Å²) in [6, 6.07) is 0. The number of fused-ring (bicyclic) bond motifs is 3. The molecule has 26 heavy (non-hydrogen) atoms. The highest BCUT2D eigenvalue weighted by Crippen LogP contribution is 2.66. The molecule has 1 aliphatic heterocycles. The first-order valence-corrected chi connectivity index (χ1v) is 9.35. The van der Waals surface area contributed by atoms with Gasteiger partial charge < -0.3 is 25.2 Å². The highest BCUT2D eigenvalue weighted by atomic mass is 16.6.